The fourth-order valence-corrected chi connectivity index (χ4v) is 11.7. The summed E-state index contributed by atoms with van der Waals surface area (Å²) in [5.41, 5.74) is 22.5. The molecule has 0 atom stereocenters. The highest BCUT2D eigenvalue weighted by Crippen LogP contribution is 2.55. The van der Waals surface area contributed by atoms with Crippen LogP contribution in [0, 0.1) is 0 Å². The van der Waals surface area contributed by atoms with Gasteiger partial charge in [-0.05, 0) is 133 Å². The van der Waals surface area contributed by atoms with Gasteiger partial charge in [0.1, 0.15) is 0 Å². The third-order valence-corrected chi connectivity index (χ3v) is 15.0. The predicted octanol–water partition coefficient (Wildman–Crippen LogP) is 17.4. The van der Waals surface area contributed by atoms with Crippen LogP contribution in [0.25, 0.3) is 82.8 Å². The number of para-hydroxylation sites is 2. The van der Waals surface area contributed by atoms with Gasteiger partial charge in [-0.2, -0.15) is 0 Å². The molecular weight excluding hydrogens is 797 g/mol. The maximum atomic E-state index is 2.49. The molecule has 0 radical (unpaired) electrons. The number of rotatable bonds is 6. The maximum absolute atomic E-state index is 2.49. The van der Waals surface area contributed by atoms with E-state index in [2.05, 4.69) is 256 Å². The first kappa shape index (κ1) is 38.5. The zero-order chi connectivity index (χ0) is 44.3. The van der Waals surface area contributed by atoms with Gasteiger partial charge in [0, 0.05) is 49.7 Å². The number of hydrogen-bond acceptors (Lipinski definition) is 1. The van der Waals surface area contributed by atoms with E-state index >= 15 is 0 Å². The van der Waals surface area contributed by atoms with Crippen molar-refractivity contribution in [2.45, 2.75) is 38.5 Å². The zero-order valence-electron chi connectivity index (χ0n) is 37.7. The van der Waals surface area contributed by atoms with Crippen LogP contribution in [-0.4, -0.2) is 4.57 Å². The van der Waals surface area contributed by atoms with Crippen LogP contribution in [0.4, 0.5) is 17.1 Å². The van der Waals surface area contributed by atoms with Gasteiger partial charge in [0.15, 0.2) is 0 Å². The average molecular weight is 845 g/mol. The first-order chi connectivity index (χ1) is 32.3. The largest absolute Gasteiger partial charge is 0.310 e. The van der Waals surface area contributed by atoms with E-state index in [0.717, 1.165) is 17.1 Å². The second-order valence-electron chi connectivity index (χ2n) is 19.3. The van der Waals surface area contributed by atoms with Crippen molar-refractivity contribution >= 4 is 49.6 Å². The molecule has 2 aliphatic rings. The van der Waals surface area contributed by atoms with Gasteiger partial charge >= 0.3 is 0 Å². The summed E-state index contributed by atoms with van der Waals surface area (Å²) in [5.74, 6) is 0. The van der Waals surface area contributed by atoms with E-state index in [1.807, 2.05) is 0 Å². The molecule has 10 aromatic carbocycles. The van der Waals surface area contributed by atoms with Crippen LogP contribution in [0.5, 0.6) is 0 Å². The third-order valence-electron chi connectivity index (χ3n) is 15.0. The monoisotopic (exact) mass is 844 g/mol. The molecule has 1 heterocycles. The highest BCUT2D eigenvalue weighted by molar-refractivity contribution is 6.21. The lowest BCUT2D eigenvalue weighted by atomic mass is 9.79. The minimum absolute atomic E-state index is 0.103. The van der Waals surface area contributed by atoms with Gasteiger partial charge in [-0.1, -0.05) is 185 Å². The molecule has 0 spiro atoms. The highest BCUT2D eigenvalue weighted by Gasteiger charge is 2.39. The Balaban J connectivity index is 0.926. The summed E-state index contributed by atoms with van der Waals surface area (Å²) in [4.78, 5) is 2.42. The number of aromatic nitrogens is 1. The summed E-state index contributed by atoms with van der Waals surface area (Å²) >= 11 is 0. The van der Waals surface area contributed by atoms with Crippen molar-refractivity contribution in [2.75, 3.05) is 4.90 Å². The first-order valence-electron chi connectivity index (χ1n) is 23.3. The fourth-order valence-electron chi connectivity index (χ4n) is 11.7. The van der Waals surface area contributed by atoms with Gasteiger partial charge in [-0.3, -0.25) is 0 Å². The molecule has 1 aromatic heterocycles. The number of hydrogen-bond donors (Lipinski definition) is 0. The van der Waals surface area contributed by atoms with E-state index in [4.69, 9.17) is 0 Å². The van der Waals surface area contributed by atoms with Crippen LogP contribution in [0.3, 0.4) is 0 Å². The van der Waals surface area contributed by atoms with E-state index in [-0.39, 0.29) is 10.8 Å². The minimum atomic E-state index is -0.207. The normalized spacial score (nSPS) is 14.0. The van der Waals surface area contributed by atoms with Crippen molar-refractivity contribution < 1.29 is 0 Å². The predicted molar refractivity (Wildman–Crippen MR) is 279 cm³/mol. The Hall–Kier alpha value is -7.94. The van der Waals surface area contributed by atoms with E-state index in [0.29, 0.717) is 0 Å². The molecular formula is C64H48N2. The summed E-state index contributed by atoms with van der Waals surface area (Å²) in [7, 11) is 0. The standard InChI is InChI=1S/C64H48N2/c1-63(2)56-21-13-11-19-50(56)51-37-34-49(40-58(51)63)65(47-30-23-42(24-31-47)41-15-7-5-8-16-41)48-32-25-43(26-33-48)45-29-38-57-55(39-45)53-35-27-44-28-36-54-52-20-12-14-22-59(52)66(46-17-9-6-10-18-46)62(54)60(44)61(53)64(57,3)4/h5-40H,1-4H3. The molecule has 2 aliphatic carbocycles. The van der Waals surface area contributed by atoms with Gasteiger partial charge in [0.25, 0.3) is 0 Å². The summed E-state index contributed by atoms with van der Waals surface area (Å²) < 4.78 is 2.49. The molecule has 314 valence electrons. The van der Waals surface area contributed by atoms with Gasteiger partial charge in [-0.25, -0.2) is 0 Å². The molecule has 0 bridgehead atoms. The average Bonchev–Trinajstić information content (AvgIpc) is 3.91. The summed E-state index contributed by atoms with van der Waals surface area (Å²) in [6.07, 6.45) is 0. The van der Waals surface area contributed by atoms with Gasteiger partial charge in [0.05, 0.1) is 11.0 Å². The van der Waals surface area contributed by atoms with Crippen molar-refractivity contribution in [1.29, 1.82) is 0 Å². The molecule has 0 amide bonds. The first-order valence-corrected chi connectivity index (χ1v) is 23.3. The van der Waals surface area contributed by atoms with Crippen molar-refractivity contribution in [1.82, 2.24) is 4.57 Å². The number of nitrogens with zero attached hydrogens (tertiary/aromatic N) is 2. The van der Waals surface area contributed by atoms with Crippen LogP contribution in [0.1, 0.15) is 49.9 Å². The molecule has 0 saturated carbocycles. The highest BCUT2D eigenvalue weighted by atomic mass is 15.1. The molecule has 11 aromatic rings. The Labute approximate surface area is 386 Å². The lowest BCUT2D eigenvalue weighted by Crippen LogP contribution is -2.16. The third kappa shape index (κ3) is 5.61. The maximum Gasteiger partial charge on any atom is 0.0622 e. The zero-order valence-corrected chi connectivity index (χ0v) is 37.7. The Morgan fingerprint density at radius 1 is 0.364 bits per heavy atom. The Kier molecular flexibility index (Phi) is 8.33. The second-order valence-corrected chi connectivity index (χ2v) is 19.3. The van der Waals surface area contributed by atoms with Crippen molar-refractivity contribution in [2.24, 2.45) is 0 Å². The minimum Gasteiger partial charge on any atom is -0.310 e. The van der Waals surface area contributed by atoms with Gasteiger partial charge in [-0.15, -0.1) is 0 Å². The molecule has 13 rings (SSSR count). The van der Waals surface area contributed by atoms with E-state index in [1.165, 1.54) is 105 Å². The quantitative estimate of drug-likeness (QED) is 0.162. The van der Waals surface area contributed by atoms with E-state index < -0.39 is 0 Å². The Bertz CT molecular complexity index is 3720. The van der Waals surface area contributed by atoms with Crippen LogP contribution < -0.4 is 4.90 Å². The lowest BCUT2D eigenvalue weighted by Gasteiger charge is -2.28. The molecule has 0 saturated heterocycles. The SMILES string of the molecule is CC1(C)c2ccccc2-c2ccc(N(c3ccc(-c4ccccc4)cc3)c3ccc(-c4ccc5c(c4)-c4ccc6ccc7c8ccccc8n(-c8ccccc8)c7c6c4C5(C)C)cc3)cc21. The van der Waals surface area contributed by atoms with Crippen LogP contribution in [0.2, 0.25) is 0 Å². The molecule has 2 heteroatoms. The molecule has 0 unspecified atom stereocenters. The second kappa shape index (κ2) is 14.3. The van der Waals surface area contributed by atoms with Crippen molar-refractivity contribution in [3.05, 3.63) is 241 Å². The fraction of sp³-hybridized carbons (Fsp3) is 0.0938. The summed E-state index contributed by atoms with van der Waals surface area (Å²) in [5, 5.41) is 5.18. The Morgan fingerprint density at radius 2 is 0.924 bits per heavy atom. The molecule has 0 N–H and O–H groups in total. The number of fused-ring (bicyclic) bond motifs is 12. The van der Waals surface area contributed by atoms with Crippen LogP contribution in [-0.2, 0) is 10.8 Å². The summed E-state index contributed by atoms with van der Waals surface area (Å²) in [6, 6.07) is 81.1. The van der Waals surface area contributed by atoms with Crippen LogP contribution in [0.15, 0.2) is 218 Å². The summed E-state index contributed by atoms with van der Waals surface area (Å²) in [6.45, 7) is 9.55. The number of benzene rings is 10. The van der Waals surface area contributed by atoms with Crippen molar-refractivity contribution in [3.8, 4) is 50.2 Å². The topological polar surface area (TPSA) is 8.17 Å². The van der Waals surface area contributed by atoms with Crippen LogP contribution >= 0.6 is 0 Å². The molecule has 2 nitrogen and oxygen atoms in total. The molecule has 0 fully saturated rings. The Morgan fingerprint density at radius 3 is 1.68 bits per heavy atom. The lowest BCUT2D eigenvalue weighted by molar-refractivity contribution is 0.660. The number of anilines is 3. The van der Waals surface area contributed by atoms with Gasteiger partial charge < -0.3 is 9.47 Å². The van der Waals surface area contributed by atoms with Gasteiger partial charge in [0.2, 0.25) is 0 Å². The van der Waals surface area contributed by atoms with Crippen molar-refractivity contribution in [3.63, 3.8) is 0 Å². The van der Waals surface area contributed by atoms with E-state index in [1.54, 1.807) is 0 Å². The smallest absolute Gasteiger partial charge is 0.0622 e. The van der Waals surface area contributed by atoms with E-state index in [9.17, 15) is 0 Å². The molecule has 66 heavy (non-hydrogen) atoms. The molecule has 0 aliphatic heterocycles.